The van der Waals surface area contributed by atoms with E-state index in [9.17, 15) is 4.79 Å². The summed E-state index contributed by atoms with van der Waals surface area (Å²) in [5.74, 6) is 0.451. The van der Waals surface area contributed by atoms with Crippen molar-refractivity contribution in [3.8, 4) is 11.4 Å². The van der Waals surface area contributed by atoms with Gasteiger partial charge in [-0.15, -0.1) is 0 Å². The van der Waals surface area contributed by atoms with E-state index in [1.54, 1.807) is 24.3 Å². The van der Waals surface area contributed by atoms with Crippen LogP contribution in [0.25, 0.3) is 17.2 Å². The molecule has 5 nitrogen and oxygen atoms in total. The Balaban J connectivity index is 2.41. The van der Waals surface area contributed by atoms with Crippen LogP contribution in [0.1, 0.15) is 0 Å². The van der Waals surface area contributed by atoms with Gasteiger partial charge in [0.15, 0.2) is 5.82 Å². The molecule has 0 fully saturated rings. The zero-order chi connectivity index (χ0) is 12.7. The lowest BCUT2D eigenvalue weighted by Crippen LogP contribution is -2.15. The summed E-state index contributed by atoms with van der Waals surface area (Å²) >= 11 is 9.21. The zero-order valence-corrected chi connectivity index (χ0v) is 11.1. The van der Waals surface area contributed by atoms with Crippen molar-refractivity contribution < 1.29 is 4.52 Å². The third-order valence-corrected chi connectivity index (χ3v) is 3.30. The van der Waals surface area contributed by atoms with Gasteiger partial charge in [-0.3, -0.25) is 4.79 Å². The molecule has 0 bridgehead atoms. The zero-order valence-electron chi connectivity index (χ0n) is 8.80. The Morgan fingerprint density at radius 3 is 2.89 bits per heavy atom. The van der Waals surface area contributed by atoms with Crippen LogP contribution in [0.2, 0.25) is 5.02 Å². The number of benzene rings is 1. The van der Waals surface area contributed by atoms with Crippen molar-refractivity contribution in [2.75, 3.05) is 0 Å². The maximum absolute atomic E-state index is 12.0. The molecule has 0 saturated heterocycles. The molecular weight excluding hydrogens is 321 g/mol. The summed E-state index contributed by atoms with van der Waals surface area (Å²) in [4.78, 5) is 16.0. The summed E-state index contributed by atoms with van der Waals surface area (Å²) in [6, 6.07) is 7.07. The van der Waals surface area contributed by atoms with Crippen molar-refractivity contribution in [1.82, 2.24) is 14.5 Å². The number of hydrogen-bond acceptors (Lipinski definition) is 4. The van der Waals surface area contributed by atoms with Gasteiger partial charge in [-0.1, -0.05) is 28.9 Å². The minimum atomic E-state index is -0.295. The molecule has 0 radical (unpaired) electrons. The first-order valence-corrected chi connectivity index (χ1v) is 6.13. The van der Waals surface area contributed by atoms with Gasteiger partial charge >= 0.3 is 5.84 Å². The third-order valence-electron chi connectivity index (χ3n) is 2.43. The fourth-order valence-corrected chi connectivity index (χ4v) is 2.11. The average Bonchev–Trinajstić information content (AvgIpc) is 2.79. The van der Waals surface area contributed by atoms with E-state index in [0.717, 1.165) is 0 Å². The van der Waals surface area contributed by atoms with Crippen LogP contribution in [-0.4, -0.2) is 14.5 Å². The van der Waals surface area contributed by atoms with Crippen molar-refractivity contribution in [2.24, 2.45) is 0 Å². The van der Waals surface area contributed by atoms with Crippen LogP contribution in [0.15, 0.2) is 44.3 Å². The molecule has 0 aliphatic rings. The predicted molar refractivity (Wildman–Crippen MR) is 69.7 cm³/mol. The first-order valence-electron chi connectivity index (χ1n) is 4.96. The van der Waals surface area contributed by atoms with Gasteiger partial charge < -0.3 is 4.52 Å². The summed E-state index contributed by atoms with van der Waals surface area (Å²) in [5.41, 5.74) is 0.316. The Morgan fingerprint density at radius 1 is 1.33 bits per heavy atom. The molecule has 0 atom stereocenters. The molecule has 0 unspecified atom stereocenters. The van der Waals surface area contributed by atoms with E-state index in [0.29, 0.717) is 20.9 Å². The highest BCUT2D eigenvalue weighted by Crippen LogP contribution is 2.26. The number of halogens is 2. The van der Waals surface area contributed by atoms with Crippen LogP contribution in [0.4, 0.5) is 0 Å². The lowest BCUT2D eigenvalue weighted by Gasteiger charge is -2.00. The molecule has 0 spiro atoms. The van der Waals surface area contributed by atoms with Crippen LogP contribution in [0.5, 0.6) is 0 Å². The number of hydrogen-bond donors (Lipinski definition) is 0. The molecule has 0 aliphatic carbocycles. The Morgan fingerprint density at radius 2 is 2.11 bits per heavy atom. The Kier molecular flexibility index (Phi) is 2.68. The van der Waals surface area contributed by atoms with E-state index in [1.807, 2.05) is 0 Å². The highest BCUT2D eigenvalue weighted by atomic mass is 79.9. The van der Waals surface area contributed by atoms with Crippen LogP contribution in [0.3, 0.4) is 0 Å². The molecule has 90 valence electrons. The van der Waals surface area contributed by atoms with Crippen LogP contribution < -0.4 is 5.56 Å². The Labute approximate surface area is 114 Å². The van der Waals surface area contributed by atoms with Gasteiger partial charge in [-0.25, -0.2) is 9.38 Å². The molecule has 0 amide bonds. The second-order valence-electron chi connectivity index (χ2n) is 3.52. The maximum Gasteiger partial charge on any atom is 0.335 e. The van der Waals surface area contributed by atoms with Crippen molar-refractivity contribution in [1.29, 1.82) is 0 Å². The summed E-state index contributed by atoms with van der Waals surface area (Å²) in [6.07, 6.45) is 1.37. The number of fused-ring (bicyclic) bond motifs is 1. The first-order chi connectivity index (χ1) is 8.68. The lowest BCUT2D eigenvalue weighted by atomic mass is 10.2. The van der Waals surface area contributed by atoms with Crippen LogP contribution >= 0.6 is 27.5 Å². The van der Waals surface area contributed by atoms with E-state index in [1.165, 1.54) is 10.6 Å². The quantitative estimate of drug-likeness (QED) is 0.690. The number of nitrogens with zero attached hydrogens (tertiary/aromatic N) is 3. The normalized spacial score (nSPS) is 11.0. The molecule has 0 N–H and O–H groups in total. The Hall–Kier alpha value is -1.66. The molecule has 2 aromatic heterocycles. The molecular formula is C11H5BrClN3O2. The van der Waals surface area contributed by atoms with Crippen molar-refractivity contribution in [3.05, 3.63) is 50.3 Å². The second kappa shape index (κ2) is 4.22. The van der Waals surface area contributed by atoms with E-state index < -0.39 is 0 Å². The smallest absolute Gasteiger partial charge is 0.314 e. The summed E-state index contributed by atoms with van der Waals surface area (Å²) < 4.78 is 6.62. The average molecular weight is 327 g/mol. The fraction of sp³-hybridized carbons (Fsp3) is 0. The van der Waals surface area contributed by atoms with Gasteiger partial charge in [-0.05, 0) is 28.1 Å². The second-order valence-corrected chi connectivity index (χ2v) is 4.78. The van der Waals surface area contributed by atoms with Crippen LogP contribution in [-0.2, 0) is 0 Å². The highest BCUT2D eigenvalue weighted by molar-refractivity contribution is 9.10. The number of rotatable bonds is 1. The van der Waals surface area contributed by atoms with Crippen molar-refractivity contribution in [3.63, 3.8) is 0 Å². The monoisotopic (exact) mass is 325 g/mol. The molecule has 3 rings (SSSR count). The summed E-state index contributed by atoms with van der Waals surface area (Å²) in [5, 5.41) is 4.33. The van der Waals surface area contributed by atoms with Gasteiger partial charge in [0.1, 0.15) is 4.47 Å². The molecule has 18 heavy (non-hydrogen) atoms. The van der Waals surface area contributed by atoms with E-state index in [4.69, 9.17) is 16.1 Å². The predicted octanol–water partition coefficient (Wildman–Crippen LogP) is 2.77. The fourth-order valence-electron chi connectivity index (χ4n) is 1.61. The highest BCUT2D eigenvalue weighted by Gasteiger charge is 2.16. The molecule has 2 heterocycles. The van der Waals surface area contributed by atoms with Gasteiger partial charge in [-0.2, -0.15) is 0 Å². The van der Waals surface area contributed by atoms with Gasteiger partial charge in [0, 0.05) is 5.56 Å². The topological polar surface area (TPSA) is 60.4 Å². The molecule has 1 aromatic carbocycles. The minimum absolute atomic E-state index is 0.123. The minimum Gasteiger partial charge on any atom is -0.314 e. The standard InChI is InChI=1S/C11H5BrClN3O2/c12-7-5-14-11-16(10(7)17)9(15-18-11)6-3-1-2-4-8(6)13/h1-5H. The first kappa shape index (κ1) is 11.4. The van der Waals surface area contributed by atoms with E-state index >= 15 is 0 Å². The van der Waals surface area contributed by atoms with Gasteiger partial charge in [0.05, 0.1) is 11.2 Å². The molecule has 3 aromatic rings. The van der Waals surface area contributed by atoms with Gasteiger partial charge in [0.25, 0.3) is 5.56 Å². The van der Waals surface area contributed by atoms with Crippen molar-refractivity contribution in [2.45, 2.75) is 0 Å². The summed E-state index contributed by atoms with van der Waals surface area (Å²) in [7, 11) is 0. The SMILES string of the molecule is O=c1c(Br)cnc2onc(-c3ccccc3Cl)n12. The maximum atomic E-state index is 12.0. The summed E-state index contributed by atoms with van der Waals surface area (Å²) in [6.45, 7) is 0. The third kappa shape index (κ3) is 1.65. The Bertz CT molecular complexity index is 796. The number of aromatic nitrogens is 3. The molecule has 7 heteroatoms. The van der Waals surface area contributed by atoms with Crippen LogP contribution in [0, 0.1) is 0 Å². The lowest BCUT2D eigenvalue weighted by molar-refractivity contribution is 0.448. The molecule has 0 aliphatic heterocycles. The largest absolute Gasteiger partial charge is 0.335 e. The van der Waals surface area contributed by atoms with E-state index in [2.05, 4.69) is 26.1 Å². The van der Waals surface area contributed by atoms with E-state index in [-0.39, 0.29) is 11.4 Å². The van der Waals surface area contributed by atoms with Gasteiger partial charge in [0.2, 0.25) is 0 Å². The molecule has 0 saturated carbocycles. The van der Waals surface area contributed by atoms with Crippen molar-refractivity contribution >= 4 is 33.4 Å².